The van der Waals surface area contributed by atoms with Crippen molar-refractivity contribution >= 4 is 7.60 Å². The summed E-state index contributed by atoms with van der Waals surface area (Å²) >= 11 is 0. The van der Waals surface area contributed by atoms with Crippen molar-refractivity contribution in [1.82, 2.24) is 0 Å². The third-order valence-corrected chi connectivity index (χ3v) is 4.59. The highest BCUT2D eigenvalue weighted by Gasteiger charge is 2.33. The second-order valence-corrected chi connectivity index (χ2v) is 5.50. The molecule has 0 spiro atoms. The van der Waals surface area contributed by atoms with Gasteiger partial charge in [-0.05, 0) is 5.56 Å². The highest BCUT2D eigenvalue weighted by Crippen LogP contribution is 2.59. The molecule has 0 saturated heterocycles. The molecule has 0 aromatic heterocycles. The Morgan fingerprint density at radius 1 is 1.27 bits per heavy atom. The zero-order valence-corrected chi connectivity index (χ0v) is 9.81. The molecule has 0 bridgehead atoms. The zero-order valence-electron chi connectivity index (χ0n) is 8.92. The highest BCUT2D eigenvalue weighted by molar-refractivity contribution is 7.54. The fraction of sp³-hybridized carbons (Fsp3) is 0.400. The quantitative estimate of drug-likeness (QED) is 0.786. The molecule has 1 aromatic rings. The molecule has 0 saturated carbocycles. The molecule has 2 N–H and O–H groups in total. The van der Waals surface area contributed by atoms with Gasteiger partial charge in [0.15, 0.2) is 0 Å². The van der Waals surface area contributed by atoms with E-state index in [-0.39, 0.29) is 6.54 Å². The summed E-state index contributed by atoms with van der Waals surface area (Å²) in [5.74, 6) is 0. The van der Waals surface area contributed by atoms with Crippen molar-refractivity contribution in [2.75, 3.05) is 20.8 Å². The van der Waals surface area contributed by atoms with Crippen molar-refractivity contribution in [2.24, 2.45) is 5.73 Å². The van der Waals surface area contributed by atoms with Crippen molar-refractivity contribution in [3.8, 4) is 0 Å². The van der Waals surface area contributed by atoms with Crippen molar-refractivity contribution < 1.29 is 13.6 Å². The molecule has 5 heteroatoms. The molecule has 0 radical (unpaired) electrons. The maximum atomic E-state index is 12.2. The van der Waals surface area contributed by atoms with E-state index in [9.17, 15) is 4.57 Å². The molecule has 0 aliphatic heterocycles. The summed E-state index contributed by atoms with van der Waals surface area (Å²) in [6.07, 6.45) is 0. The van der Waals surface area contributed by atoms with Crippen molar-refractivity contribution in [3.05, 3.63) is 35.9 Å². The van der Waals surface area contributed by atoms with E-state index in [1.54, 1.807) is 0 Å². The smallest absolute Gasteiger partial charge is 0.329 e. The largest absolute Gasteiger partial charge is 0.338 e. The Kier molecular flexibility index (Phi) is 4.48. The predicted molar refractivity (Wildman–Crippen MR) is 59.9 cm³/mol. The van der Waals surface area contributed by atoms with Crippen LogP contribution in [0.2, 0.25) is 0 Å². The lowest BCUT2D eigenvalue weighted by molar-refractivity contribution is 0.266. The van der Waals surface area contributed by atoms with E-state index in [4.69, 9.17) is 14.8 Å². The Bertz CT molecular complexity index is 334. The fourth-order valence-electron chi connectivity index (χ4n) is 1.45. The summed E-state index contributed by atoms with van der Waals surface area (Å²) in [5.41, 5.74) is 6.07. The fourth-order valence-corrected chi connectivity index (χ4v) is 2.91. The van der Waals surface area contributed by atoms with Crippen molar-refractivity contribution in [1.29, 1.82) is 0 Å². The lowest BCUT2D eigenvalue weighted by Crippen LogP contribution is -2.14. The average Bonchev–Trinajstić information content (AvgIpc) is 2.31. The molecule has 1 rings (SSSR count). The molecule has 4 nitrogen and oxygen atoms in total. The average molecular weight is 229 g/mol. The summed E-state index contributed by atoms with van der Waals surface area (Å²) in [7, 11) is -0.396. The van der Waals surface area contributed by atoms with Crippen LogP contribution in [0.15, 0.2) is 30.3 Å². The standard InChI is InChI=1S/C10H16NO3P/c1-13-15(12,14-2)10(8-11)9-6-4-3-5-7-9/h3-7,10H,8,11H2,1-2H3. The molecule has 0 amide bonds. The van der Waals surface area contributed by atoms with E-state index in [1.165, 1.54) is 14.2 Å². The molecule has 1 aromatic carbocycles. The van der Waals surface area contributed by atoms with Crippen LogP contribution in [0.5, 0.6) is 0 Å². The molecule has 1 unspecified atom stereocenters. The monoisotopic (exact) mass is 229 g/mol. The molecule has 0 heterocycles. The SMILES string of the molecule is COP(=O)(OC)C(CN)c1ccccc1. The Balaban J connectivity index is 3.04. The normalized spacial score (nSPS) is 13.8. The van der Waals surface area contributed by atoms with E-state index >= 15 is 0 Å². The Hall–Kier alpha value is -0.670. The van der Waals surface area contributed by atoms with Gasteiger partial charge < -0.3 is 14.8 Å². The van der Waals surface area contributed by atoms with Gasteiger partial charge in [-0.25, -0.2) is 0 Å². The lowest BCUT2D eigenvalue weighted by atomic mass is 10.1. The summed E-state index contributed by atoms with van der Waals surface area (Å²) in [4.78, 5) is 0. The number of hydrogen-bond acceptors (Lipinski definition) is 4. The van der Waals surface area contributed by atoms with Crippen LogP contribution >= 0.6 is 7.60 Å². The summed E-state index contributed by atoms with van der Waals surface area (Å²) < 4.78 is 22.1. The van der Waals surface area contributed by atoms with E-state index in [2.05, 4.69) is 0 Å². The second kappa shape index (κ2) is 5.42. The van der Waals surface area contributed by atoms with Gasteiger partial charge in [-0.15, -0.1) is 0 Å². The van der Waals surface area contributed by atoms with Gasteiger partial charge in [0.25, 0.3) is 0 Å². The van der Waals surface area contributed by atoms with Gasteiger partial charge in [0, 0.05) is 20.8 Å². The molecular formula is C10H16NO3P. The molecule has 0 aliphatic carbocycles. The topological polar surface area (TPSA) is 61.5 Å². The number of rotatable bonds is 5. The minimum absolute atomic E-state index is 0.225. The first-order chi connectivity index (χ1) is 7.18. The van der Waals surface area contributed by atoms with Crippen LogP contribution in [-0.4, -0.2) is 20.8 Å². The predicted octanol–water partition coefficient (Wildman–Crippen LogP) is 2.17. The van der Waals surface area contributed by atoms with Gasteiger partial charge in [0.2, 0.25) is 0 Å². The van der Waals surface area contributed by atoms with Gasteiger partial charge in [-0.3, -0.25) is 4.57 Å². The Morgan fingerprint density at radius 3 is 2.20 bits per heavy atom. The van der Waals surface area contributed by atoms with Gasteiger partial charge >= 0.3 is 7.60 Å². The number of benzene rings is 1. The van der Waals surface area contributed by atoms with Crippen LogP contribution in [0.4, 0.5) is 0 Å². The maximum Gasteiger partial charge on any atom is 0.338 e. The van der Waals surface area contributed by atoms with Crippen LogP contribution in [-0.2, 0) is 13.6 Å². The van der Waals surface area contributed by atoms with Crippen LogP contribution < -0.4 is 5.73 Å². The van der Waals surface area contributed by atoms with E-state index in [0.717, 1.165) is 5.56 Å². The summed E-state index contributed by atoms with van der Waals surface area (Å²) in [6, 6.07) is 9.35. The van der Waals surface area contributed by atoms with E-state index in [1.807, 2.05) is 30.3 Å². The first kappa shape index (κ1) is 12.4. The van der Waals surface area contributed by atoms with E-state index in [0.29, 0.717) is 0 Å². The second-order valence-electron chi connectivity index (χ2n) is 3.07. The van der Waals surface area contributed by atoms with E-state index < -0.39 is 13.3 Å². The summed E-state index contributed by atoms with van der Waals surface area (Å²) in [6.45, 7) is 0.225. The number of hydrogen-bond donors (Lipinski definition) is 1. The van der Waals surface area contributed by atoms with Crippen molar-refractivity contribution in [3.63, 3.8) is 0 Å². The van der Waals surface area contributed by atoms with Crippen LogP contribution in [0.1, 0.15) is 11.2 Å². The molecular weight excluding hydrogens is 213 g/mol. The van der Waals surface area contributed by atoms with Gasteiger partial charge in [-0.1, -0.05) is 30.3 Å². The molecule has 0 aliphatic rings. The zero-order chi connectivity index (χ0) is 11.3. The third-order valence-electron chi connectivity index (χ3n) is 2.30. The molecule has 0 fully saturated rings. The van der Waals surface area contributed by atoms with Gasteiger partial charge in [0.05, 0.1) is 5.66 Å². The minimum Gasteiger partial charge on any atom is -0.329 e. The van der Waals surface area contributed by atoms with Crippen molar-refractivity contribution in [2.45, 2.75) is 5.66 Å². The maximum absolute atomic E-state index is 12.2. The minimum atomic E-state index is -3.14. The van der Waals surface area contributed by atoms with Gasteiger partial charge in [-0.2, -0.15) is 0 Å². The molecule has 15 heavy (non-hydrogen) atoms. The lowest BCUT2D eigenvalue weighted by Gasteiger charge is -2.23. The summed E-state index contributed by atoms with van der Waals surface area (Å²) in [5, 5.41) is 0. The Labute approximate surface area is 89.9 Å². The first-order valence-corrected chi connectivity index (χ1v) is 6.25. The third kappa shape index (κ3) is 2.67. The number of nitrogens with two attached hydrogens (primary N) is 1. The molecule has 1 atom stereocenters. The molecule has 84 valence electrons. The highest BCUT2D eigenvalue weighted by atomic mass is 31.2. The first-order valence-electron chi connectivity index (χ1n) is 4.64. The van der Waals surface area contributed by atoms with Gasteiger partial charge in [0.1, 0.15) is 0 Å². The van der Waals surface area contributed by atoms with Crippen LogP contribution in [0.25, 0.3) is 0 Å². The Morgan fingerprint density at radius 2 is 1.80 bits per heavy atom. The van der Waals surface area contributed by atoms with Crippen LogP contribution in [0, 0.1) is 0 Å². The van der Waals surface area contributed by atoms with Crippen LogP contribution in [0.3, 0.4) is 0 Å².